The Balaban J connectivity index is 1.31. The Labute approximate surface area is 418 Å². The molecule has 0 bridgehead atoms. The van der Waals surface area contributed by atoms with E-state index >= 15 is 0 Å². The largest absolute Gasteiger partial charge is 0.507 e. The van der Waals surface area contributed by atoms with Gasteiger partial charge in [0.1, 0.15) is 17.3 Å². The van der Waals surface area contributed by atoms with Crippen LogP contribution in [-0.4, -0.2) is 24.7 Å². The molecule has 0 aliphatic heterocycles. The van der Waals surface area contributed by atoms with Crippen molar-refractivity contribution in [3.05, 3.63) is 186 Å². The summed E-state index contributed by atoms with van der Waals surface area (Å²) in [4.78, 5) is 10.2. The molecule has 0 saturated heterocycles. The van der Waals surface area contributed by atoms with E-state index in [0.29, 0.717) is 0 Å². The number of benzene rings is 7. The smallest absolute Gasteiger partial charge is 0.145 e. The number of aromatic hydroxyl groups is 2. The van der Waals surface area contributed by atoms with Gasteiger partial charge < -0.3 is 10.2 Å². The molecule has 0 amide bonds. The minimum absolute atomic E-state index is 0.0726. The fourth-order valence-corrected chi connectivity index (χ4v) is 12.3. The number of nitrogens with zero attached hydrogens (tertiary/aromatic N) is 3. The second-order valence-electron chi connectivity index (χ2n) is 23.0. The first-order valence-corrected chi connectivity index (χ1v) is 25.3. The van der Waals surface area contributed by atoms with Crippen molar-refractivity contribution in [2.24, 2.45) is 0 Å². The van der Waals surface area contributed by atoms with Gasteiger partial charge in [-0.05, 0) is 210 Å². The van der Waals surface area contributed by atoms with Crippen molar-refractivity contribution in [1.29, 1.82) is 0 Å². The Bertz CT molecular complexity index is 3590. The lowest BCUT2D eigenvalue weighted by Gasteiger charge is -2.43. The first kappa shape index (κ1) is 44.7. The number of fused-ring (bicyclic) bond motifs is 10. The number of aromatic nitrogens is 3. The summed E-state index contributed by atoms with van der Waals surface area (Å²) in [5, 5.41) is 23.7. The molecule has 0 saturated carbocycles. The number of phenols is 2. The van der Waals surface area contributed by atoms with Crippen LogP contribution in [0, 0.1) is 0 Å². The molecule has 71 heavy (non-hydrogen) atoms. The number of hydrogen-bond acceptors (Lipinski definition) is 4. The van der Waals surface area contributed by atoms with Crippen molar-refractivity contribution in [2.45, 2.75) is 103 Å². The van der Waals surface area contributed by atoms with Gasteiger partial charge in [0.2, 0.25) is 0 Å². The summed E-state index contributed by atoms with van der Waals surface area (Å²) in [5.74, 6) is 1.23. The third-order valence-corrected chi connectivity index (χ3v) is 16.7. The predicted molar refractivity (Wildman–Crippen MR) is 292 cm³/mol. The summed E-state index contributed by atoms with van der Waals surface area (Å²) in [7, 11) is 0. The topological polar surface area (TPSA) is 71.2 Å². The molecular formula is C66H61N3O2. The second-order valence-corrected chi connectivity index (χ2v) is 23.0. The maximum absolute atomic E-state index is 11.9. The van der Waals surface area contributed by atoms with Crippen LogP contribution in [0.1, 0.15) is 103 Å². The summed E-state index contributed by atoms with van der Waals surface area (Å²) in [6.45, 7) is 19.3. The molecule has 0 radical (unpaired) electrons. The molecule has 5 heteroatoms. The summed E-state index contributed by atoms with van der Waals surface area (Å²) in [6.07, 6.45) is 10.1. The van der Waals surface area contributed by atoms with Gasteiger partial charge >= 0.3 is 0 Å². The number of pyridine rings is 1. The fraction of sp³-hybridized carbons (Fsp3) is 0.242. The summed E-state index contributed by atoms with van der Waals surface area (Å²) in [6, 6.07) is 51.5. The van der Waals surface area contributed by atoms with Gasteiger partial charge in [0.15, 0.2) is 0 Å². The van der Waals surface area contributed by atoms with Crippen LogP contribution >= 0.6 is 0 Å². The van der Waals surface area contributed by atoms with E-state index in [1.54, 1.807) is 12.1 Å². The van der Waals surface area contributed by atoms with Gasteiger partial charge in [0, 0.05) is 46.5 Å². The van der Waals surface area contributed by atoms with Crippen LogP contribution in [0.2, 0.25) is 0 Å². The van der Waals surface area contributed by atoms with Crippen molar-refractivity contribution < 1.29 is 10.2 Å². The molecule has 2 N–H and O–H groups in total. The zero-order valence-electron chi connectivity index (χ0n) is 42.2. The van der Waals surface area contributed by atoms with E-state index in [9.17, 15) is 10.2 Å². The average Bonchev–Trinajstić information content (AvgIpc) is 3.86. The Morgan fingerprint density at radius 2 is 0.718 bits per heavy atom. The molecule has 0 spiro atoms. The number of imidazole rings is 1. The van der Waals surface area contributed by atoms with Crippen molar-refractivity contribution in [2.75, 3.05) is 0 Å². The van der Waals surface area contributed by atoms with Gasteiger partial charge in [-0.3, -0.25) is 9.55 Å². The third kappa shape index (κ3) is 7.18. The summed E-state index contributed by atoms with van der Waals surface area (Å²) in [5.41, 5.74) is 21.3. The van der Waals surface area contributed by atoms with Gasteiger partial charge in [-0.25, -0.2) is 4.98 Å². The Kier molecular flexibility index (Phi) is 10.1. The molecular weight excluding hydrogens is 867 g/mol. The highest BCUT2D eigenvalue weighted by Crippen LogP contribution is 2.59. The minimum Gasteiger partial charge on any atom is -0.507 e. The van der Waals surface area contributed by atoms with E-state index in [0.717, 1.165) is 121 Å². The molecule has 12 rings (SSSR count). The van der Waals surface area contributed by atoms with Crippen molar-refractivity contribution in [3.8, 4) is 107 Å². The van der Waals surface area contributed by atoms with Crippen LogP contribution in [0.25, 0.3) is 95.1 Å². The summed E-state index contributed by atoms with van der Waals surface area (Å²) < 4.78 is 2.16. The average molecular weight is 928 g/mol. The van der Waals surface area contributed by atoms with Crippen LogP contribution in [0.5, 0.6) is 11.5 Å². The van der Waals surface area contributed by atoms with E-state index < -0.39 is 0 Å². The molecule has 2 aromatic heterocycles. The van der Waals surface area contributed by atoms with Crippen LogP contribution in [0.4, 0.5) is 0 Å². The highest BCUT2D eigenvalue weighted by atomic mass is 16.3. The van der Waals surface area contributed by atoms with Crippen molar-refractivity contribution in [1.82, 2.24) is 14.5 Å². The molecule has 7 aromatic carbocycles. The molecule has 3 aliphatic carbocycles. The van der Waals surface area contributed by atoms with Crippen LogP contribution in [0.15, 0.2) is 164 Å². The maximum atomic E-state index is 11.9. The predicted octanol–water partition coefficient (Wildman–Crippen LogP) is 17.0. The van der Waals surface area contributed by atoms with E-state index in [1.165, 1.54) is 22.3 Å². The van der Waals surface area contributed by atoms with Gasteiger partial charge in [-0.15, -0.1) is 0 Å². The first-order chi connectivity index (χ1) is 34.0. The molecule has 2 heterocycles. The maximum Gasteiger partial charge on any atom is 0.145 e. The number of rotatable bonds is 5. The zero-order valence-corrected chi connectivity index (χ0v) is 42.2. The van der Waals surface area contributed by atoms with E-state index in [1.807, 2.05) is 73.2 Å². The lowest BCUT2D eigenvalue weighted by atomic mass is 9.61. The van der Waals surface area contributed by atoms with Gasteiger partial charge in [0.05, 0.1) is 5.69 Å². The van der Waals surface area contributed by atoms with E-state index in [-0.39, 0.29) is 33.2 Å². The highest BCUT2D eigenvalue weighted by molar-refractivity contribution is 6.09. The molecule has 0 fully saturated rings. The highest BCUT2D eigenvalue weighted by Gasteiger charge is 2.41. The number of hydrogen-bond donors (Lipinski definition) is 2. The van der Waals surface area contributed by atoms with Crippen LogP contribution < -0.4 is 0 Å². The van der Waals surface area contributed by atoms with E-state index in [4.69, 9.17) is 9.97 Å². The number of para-hydroxylation sites is 3. The molecule has 352 valence electrons. The fourth-order valence-electron chi connectivity index (χ4n) is 12.3. The third-order valence-electron chi connectivity index (χ3n) is 16.7. The van der Waals surface area contributed by atoms with Crippen LogP contribution in [0.3, 0.4) is 0 Å². The lowest BCUT2D eigenvalue weighted by Crippen LogP contribution is -2.34. The molecule has 0 atom stereocenters. The second kappa shape index (κ2) is 16.0. The normalized spacial score (nSPS) is 16.5. The Morgan fingerprint density at radius 3 is 1.15 bits per heavy atom. The molecule has 9 aromatic rings. The summed E-state index contributed by atoms with van der Waals surface area (Å²) >= 11 is 0. The Hall–Kier alpha value is -7.50. The SMILES string of the molecule is CC1(C)CCC(C)(C)c2cc3c(cc21)-c1cc(-c2ccccn2)c(-c2ccccc2O)cc1-c1cc2c(cc1-c1cc(-c4nccn4-c4ccccc4)c(-c4ccccc4O)cc1-3)C(C)(C)CCC2(C)C. The molecule has 0 unspecified atom stereocenters. The lowest BCUT2D eigenvalue weighted by molar-refractivity contribution is 0.332. The Morgan fingerprint density at radius 1 is 0.352 bits per heavy atom. The standard InChI is InChI=1S/C66H61N3O2/c1-63(2)26-28-66(7,8)58-39-52-48-35-54(62-68-30-31-69(62)40-18-10-9-11-19-40)44(42-21-13-15-24-61(42)71)33-46(48)50-37-56-57(65(5,6)27-25-64(56,3)4)38-51(50)47-34-53(59-22-16-17-29-67-59)43(41-20-12-14-23-60(41)70)32-45(47)49(52)36-55(58)63/h9-24,29-39,70-71H,25-28H2,1-8H3. The quantitative estimate of drug-likeness (QED) is 0.180. The monoisotopic (exact) mass is 927 g/mol. The van der Waals surface area contributed by atoms with Crippen molar-refractivity contribution in [3.63, 3.8) is 0 Å². The van der Waals surface area contributed by atoms with Crippen molar-refractivity contribution >= 4 is 0 Å². The minimum atomic E-state index is -0.0795. The molecule has 3 aliphatic rings. The first-order valence-electron chi connectivity index (χ1n) is 25.3. The zero-order chi connectivity index (χ0) is 49.2. The van der Waals surface area contributed by atoms with E-state index in [2.05, 4.69) is 139 Å². The molecule has 5 nitrogen and oxygen atoms in total. The number of phenolic OH excluding ortho intramolecular Hbond substituents is 2. The van der Waals surface area contributed by atoms with Gasteiger partial charge in [-0.1, -0.05) is 116 Å². The van der Waals surface area contributed by atoms with Crippen LogP contribution in [-0.2, 0) is 21.7 Å². The van der Waals surface area contributed by atoms with Gasteiger partial charge in [-0.2, -0.15) is 0 Å². The van der Waals surface area contributed by atoms with Gasteiger partial charge in [0.25, 0.3) is 0 Å².